The molecule has 0 atom stereocenters. The van der Waals surface area contributed by atoms with Crippen molar-refractivity contribution in [1.82, 2.24) is 13.8 Å². The third-order valence-electron chi connectivity index (χ3n) is 2.95. The van der Waals surface area contributed by atoms with Gasteiger partial charge in [0.2, 0.25) is 0 Å². The van der Waals surface area contributed by atoms with Crippen LogP contribution in [-0.4, -0.2) is 10.2 Å². The zero-order chi connectivity index (χ0) is 13.9. The van der Waals surface area contributed by atoms with Gasteiger partial charge >= 0.3 is 0 Å². The molecular weight excluding hydrogens is 387 g/mol. The Hall–Kier alpha value is -1.44. The van der Waals surface area contributed by atoms with Crippen molar-refractivity contribution >= 4 is 51.1 Å². The summed E-state index contributed by atoms with van der Waals surface area (Å²) in [6, 6.07) is 15.6. The second kappa shape index (κ2) is 5.90. The summed E-state index contributed by atoms with van der Waals surface area (Å²) in [5, 5.41) is 11.2. The molecule has 2 aromatic carbocycles. The van der Waals surface area contributed by atoms with Gasteiger partial charge in [-0.1, -0.05) is 41.9 Å². The molecule has 0 radical (unpaired) electrons. The first kappa shape index (κ1) is 13.5. The van der Waals surface area contributed by atoms with Crippen LogP contribution >= 0.6 is 34.5 Å². The summed E-state index contributed by atoms with van der Waals surface area (Å²) in [5.74, 6) is 0.672. The maximum atomic E-state index is 6.12. The van der Waals surface area contributed by atoms with Crippen LogP contribution in [-0.2, 0) is 0 Å². The molecule has 0 fully saturated rings. The van der Waals surface area contributed by atoms with Gasteiger partial charge in [0.1, 0.15) is 5.69 Å². The van der Waals surface area contributed by atoms with Crippen molar-refractivity contribution in [3.63, 3.8) is 0 Å². The number of anilines is 1. The van der Waals surface area contributed by atoms with E-state index in [9.17, 15) is 0 Å². The number of halogens is 2. The molecule has 20 heavy (non-hydrogen) atoms. The second-order valence-electron chi connectivity index (χ2n) is 4.17. The fourth-order valence-electron chi connectivity index (χ4n) is 2.07. The van der Waals surface area contributed by atoms with Crippen LogP contribution in [0.1, 0.15) is 0 Å². The molecule has 2 N–H and O–H groups in total. The van der Waals surface area contributed by atoms with E-state index in [0.717, 1.165) is 22.0 Å². The molecule has 3 aromatic rings. The fourth-order valence-corrected chi connectivity index (χ4v) is 2.50. The van der Waals surface area contributed by atoms with Gasteiger partial charge < -0.3 is 0 Å². The fraction of sp³-hybridized carbons (Fsp3) is 0. The van der Waals surface area contributed by atoms with Crippen molar-refractivity contribution < 1.29 is 0 Å². The Kier molecular flexibility index (Phi) is 4.00. The second-order valence-corrected chi connectivity index (χ2v) is 5.15. The molecule has 0 unspecified atom stereocenters. The molecule has 0 saturated carbocycles. The summed E-state index contributed by atoms with van der Waals surface area (Å²) in [6.07, 6.45) is 0. The van der Waals surface area contributed by atoms with E-state index in [1.165, 1.54) is 0 Å². The first-order valence-corrected chi connectivity index (χ1v) is 7.38. The van der Waals surface area contributed by atoms with Crippen LogP contribution in [0, 0.1) is 0 Å². The predicted octanol–water partition coefficient (Wildman–Crippen LogP) is 4.22. The maximum absolute atomic E-state index is 6.12. The summed E-state index contributed by atoms with van der Waals surface area (Å²) in [4.78, 5) is 0. The molecule has 0 amide bonds. The van der Waals surface area contributed by atoms with E-state index in [-0.39, 0.29) is 0 Å². The van der Waals surface area contributed by atoms with E-state index in [2.05, 4.69) is 19.3 Å². The Labute approximate surface area is 135 Å². The Bertz CT molecular complexity index is 749. The van der Waals surface area contributed by atoms with Crippen LogP contribution in [0.3, 0.4) is 0 Å². The molecule has 1 heterocycles. The van der Waals surface area contributed by atoms with Crippen molar-refractivity contribution in [2.24, 2.45) is 0 Å². The van der Waals surface area contributed by atoms with Crippen LogP contribution in [0.2, 0.25) is 5.02 Å². The van der Waals surface area contributed by atoms with E-state index in [1.54, 1.807) is 0 Å². The van der Waals surface area contributed by atoms with Crippen molar-refractivity contribution in [3.8, 4) is 11.3 Å². The summed E-state index contributed by atoms with van der Waals surface area (Å²) < 4.78 is 2.83. The molecule has 0 saturated heterocycles. The number of aromatic nitrogens is 2. The normalized spacial score (nSPS) is 10.7. The summed E-state index contributed by atoms with van der Waals surface area (Å²) >= 11 is 8.12. The van der Waals surface area contributed by atoms with E-state index < -0.39 is 0 Å². The van der Waals surface area contributed by atoms with Gasteiger partial charge in [0.25, 0.3) is 0 Å². The van der Waals surface area contributed by atoms with E-state index in [1.807, 2.05) is 71.4 Å². The molecule has 0 aliphatic carbocycles. The van der Waals surface area contributed by atoms with Crippen LogP contribution in [0.25, 0.3) is 22.0 Å². The van der Waals surface area contributed by atoms with Gasteiger partial charge in [-0.3, -0.25) is 5.43 Å². The number of hydrogen-bond donors (Lipinski definition) is 2. The van der Waals surface area contributed by atoms with Gasteiger partial charge in [-0.2, -0.15) is 3.64 Å². The van der Waals surface area contributed by atoms with Crippen molar-refractivity contribution in [2.75, 3.05) is 5.43 Å². The molecule has 3 rings (SSSR count). The largest absolute Gasteiger partial charge is 0.295 e. The zero-order valence-electron chi connectivity index (χ0n) is 10.3. The lowest BCUT2D eigenvalue weighted by Gasteiger charge is -2.10. The highest BCUT2D eigenvalue weighted by Crippen LogP contribution is 2.31. The molecule has 0 bridgehead atoms. The van der Waals surface area contributed by atoms with Gasteiger partial charge in [0.15, 0.2) is 5.82 Å². The highest BCUT2D eigenvalue weighted by molar-refractivity contribution is 14.1. The third-order valence-corrected chi connectivity index (χ3v) is 3.46. The monoisotopic (exact) mass is 396 g/mol. The minimum atomic E-state index is 0.672. The highest BCUT2D eigenvalue weighted by atomic mass is 127. The number of rotatable bonds is 3. The number of hydrogen-bond acceptors (Lipinski definition) is 4. The van der Waals surface area contributed by atoms with Crippen LogP contribution in [0.4, 0.5) is 5.82 Å². The van der Waals surface area contributed by atoms with Gasteiger partial charge in [0, 0.05) is 44.2 Å². The van der Waals surface area contributed by atoms with Gasteiger partial charge in [-0.05, 0) is 18.2 Å². The van der Waals surface area contributed by atoms with Crippen LogP contribution < -0.4 is 9.06 Å². The van der Waals surface area contributed by atoms with Crippen LogP contribution in [0.15, 0.2) is 48.5 Å². The van der Waals surface area contributed by atoms with E-state index in [0.29, 0.717) is 10.8 Å². The zero-order valence-corrected chi connectivity index (χ0v) is 13.2. The molecule has 0 spiro atoms. The Morgan fingerprint density at radius 2 is 1.75 bits per heavy atom. The summed E-state index contributed by atoms with van der Waals surface area (Å²) in [6.45, 7) is 0. The number of benzene rings is 2. The van der Waals surface area contributed by atoms with E-state index in [4.69, 9.17) is 11.6 Å². The number of nitrogens with one attached hydrogen (secondary N) is 2. The lowest BCUT2D eigenvalue weighted by atomic mass is 10.0. The van der Waals surface area contributed by atoms with Gasteiger partial charge in [-0.25, -0.2) is 0 Å². The Morgan fingerprint density at radius 1 is 0.950 bits per heavy atom. The van der Waals surface area contributed by atoms with Crippen molar-refractivity contribution in [1.29, 1.82) is 0 Å². The van der Waals surface area contributed by atoms with Crippen molar-refractivity contribution in [2.45, 2.75) is 0 Å². The topological polar surface area (TPSA) is 49.8 Å². The minimum Gasteiger partial charge on any atom is -0.295 e. The number of hydrazine groups is 1. The van der Waals surface area contributed by atoms with Gasteiger partial charge in [0.05, 0.1) is 0 Å². The van der Waals surface area contributed by atoms with Crippen LogP contribution in [0.5, 0.6) is 0 Å². The average molecular weight is 397 g/mol. The molecule has 0 aliphatic heterocycles. The maximum Gasteiger partial charge on any atom is 0.171 e. The van der Waals surface area contributed by atoms with Crippen molar-refractivity contribution in [3.05, 3.63) is 53.6 Å². The predicted molar refractivity (Wildman–Crippen MR) is 90.8 cm³/mol. The molecule has 0 aliphatic rings. The summed E-state index contributed by atoms with van der Waals surface area (Å²) in [7, 11) is 0. The molecule has 100 valence electrons. The standard InChI is InChI=1S/C14H10ClIN4/c15-10-6-7-11-12(8-10)13(9-4-2-1-3-5-9)17-18-14(11)19-20-16/h1-8,20H,(H,18,19). The average Bonchev–Trinajstić information content (AvgIpc) is 2.48. The quantitative estimate of drug-likeness (QED) is 0.395. The smallest absolute Gasteiger partial charge is 0.171 e. The Balaban J connectivity index is 2.29. The van der Waals surface area contributed by atoms with E-state index >= 15 is 0 Å². The Morgan fingerprint density at radius 3 is 2.50 bits per heavy atom. The molecule has 6 heteroatoms. The highest BCUT2D eigenvalue weighted by Gasteiger charge is 2.11. The lowest BCUT2D eigenvalue weighted by molar-refractivity contribution is 1.04. The third kappa shape index (κ3) is 2.56. The summed E-state index contributed by atoms with van der Waals surface area (Å²) in [5.41, 5.74) is 4.81. The van der Waals surface area contributed by atoms with Gasteiger partial charge in [-0.15, -0.1) is 10.2 Å². The molecule has 1 aromatic heterocycles. The lowest BCUT2D eigenvalue weighted by Crippen LogP contribution is -2.11. The number of nitrogens with zero attached hydrogens (tertiary/aromatic N) is 2. The minimum absolute atomic E-state index is 0.672. The molecular formula is C14H10ClIN4. The first-order chi connectivity index (χ1) is 9.79. The number of fused-ring (bicyclic) bond motifs is 1. The first-order valence-electron chi connectivity index (χ1n) is 5.92. The SMILES string of the molecule is Clc1ccc2c(NNI)nnc(-c3ccccc3)c2c1. The molecule has 4 nitrogen and oxygen atoms in total.